The van der Waals surface area contributed by atoms with E-state index in [1.54, 1.807) is 50.3 Å². The van der Waals surface area contributed by atoms with Gasteiger partial charge in [-0.2, -0.15) is 0 Å². The van der Waals surface area contributed by atoms with Gasteiger partial charge in [0.2, 0.25) is 11.0 Å². The maximum absolute atomic E-state index is 13.1. The SMILES string of the molecule is COc1ccc(CC(=O)N2CCCc3cc(S(=O)(=O)Nc4nnc(C)s4)ccc32)cc1OC. The monoisotopic (exact) mass is 488 g/mol. The number of anilines is 2. The van der Waals surface area contributed by atoms with Gasteiger partial charge in [-0.05, 0) is 61.2 Å². The molecule has 9 nitrogen and oxygen atoms in total. The molecule has 0 unspecified atom stereocenters. The molecule has 2 heterocycles. The van der Waals surface area contributed by atoms with Crippen molar-refractivity contribution in [3.05, 3.63) is 52.5 Å². The van der Waals surface area contributed by atoms with Crippen LogP contribution in [0.25, 0.3) is 0 Å². The van der Waals surface area contributed by atoms with Gasteiger partial charge in [0.15, 0.2) is 11.5 Å². The van der Waals surface area contributed by atoms with Crippen LogP contribution in [0.3, 0.4) is 0 Å². The third-order valence-corrected chi connectivity index (χ3v) is 7.55. The van der Waals surface area contributed by atoms with E-state index in [4.69, 9.17) is 9.47 Å². The smallest absolute Gasteiger partial charge is 0.263 e. The number of ether oxygens (including phenoxy) is 2. The number of carbonyl (C=O) groups is 1. The van der Waals surface area contributed by atoms with Crippen LogP contribution in [-0.2, 0) is 27.7 Å². The molecule has 0 saturated heterocycles. The summed E-state index contributed by atoms with van der Waals surface area (Å²) in [6.45, 7) is 2.33. The van der Waals surface area contributed by atoms with E-state index in [2.05, 4.69) is 14.9 Å². The van der Waals surface area contributed by atoms with Crippen molar-refractivity contribution in [3.63, 3.8) is 0 Å². The minimum atomic E-state index is -3.81. The number of amides is 1. The van der Waals surface area contributed by atoms with Gasteiger partial charge in [0.25, 0.3) is 10.0 Å². The summed E-state index contributed by atoms with van der Waals surface area (Å²) in [6.07, 6.45) is 1.63. The normalized spacial score (nSPS) is 13.4. The van der Waals surface area contributed by atoms with Gasteiger partial charge in [-0.15, -0.1) is 10.2 Å². The van der Waals surface area contributed by atoms with Gasteiger partial charge in [-0.3, -0.25) is 9.52 Å². The Hall–Kier alpha value is -3.18. The van der Waals surface area contributed by atoms with E-state index in [9.17, 15) is 13.2 Å². The molecule has 1 amide bonds. The zero-order chi connectivity index (χ0) is 23.6. The second-order valence-corrected chi connectivity index (χ2v) is 10.4. The molecule has 3 aromatic rings. The third-order valence-electron chi connectivity index (χ3n) is 5.33. The van der Waals surface area contributed by atoms with Crippen molar-refractivity contribution >= 4 is 38.1 Å². The molecule has 0 atom stereocenters. The number of benzene rings is 2. The number of sulfonamides is 1. The standard InChI is InChI=1S/C22H24N4O5S2/c1-14-23-24-22(32-14)25-33(28,29)17-7-8-18-16(13-17)5-4-10-26(18)21(27)12-15-6-9-19(30-2)20(11-15)31-3/h6-9,11,13H,4-5,10,12H2,1-3H3,(H,24,25). The number of fused-ring (bicyclic) bond motifs is 1. The lowest BCUT2D eigenvalue weighted by Crippen LogP contribution is -2.36. The van der Waals surface area contributed by atoms with Crippen molar-refractivity contribution < 1.29 is 22.7 Å². The Morgan fingerprint density at radius 1 is 1.12 bits per heavy atom. The number of aromatic nitrogens is 2. The number of carbonyl (C=O) groups excluding carboxylic acids is 1. The van der Waals surface area contributed by atoms with Crippen molar-refractivity contribution in [2.75, 3.05) is 30.4 Å². The van der Waals surface area contributed by atoms with Crippen LogP contribution >= 0.6 is 11.3 Å². The zero-order valence-corrected chi connectivity index (χ0v) is 20.1. The third kappa shape index (κ3) is 4.93. The molecular formula is C22H24N4O5S2. The average Bonchev–Trinajstić information content (AvgIpc) is 3.21. The second kappa shape index (κ2) is 9.36. The summed E-state index contributed by atoms with van der Waals surface area (Å²) in [5, 5.41) is 8.54. The molecule has 4 rings (SSSR count). The fourth-order valence-corrected chi connectivity index (χ4v) is 5.64. The molecule has 174 valence electrons. The minimum Gasteiger partial charge on any atom is -0.493 e. The maximum Gasteiger partial charge on any atom is 0.263 e. The molecule has 0 radical (unpaired) electrons. The van der Waals surface area contributed by atoms with Gasteiger partial charge in [0.1, 0.15) is 5.01 Å². The summed E-state index contributed by atoms with van der Waals surface area (Å²) in [6, 6.07) is 10.2. The first-order valence-corrected chi connectivity index (χ1v) is 12.6. The lowest BCUT2D eigenvalue weighted by atomic mass is 10.0. The van der Waals surface area contributed by atoms with Gasteiger partial charge in [-0.1, -0.05) is 17.4 Å². The molecule has 0 spiro atoms. The Morgan fingerprint density at radius 3 is 2.61 bits per heavy atom. The molecule has 0 fully saturated rings. The summed E-state index contributed by atoms with van der Waals surface area (Å²) in [5.74, 6) is 1.10. The quantitative estimate of drug-likeness (QED) is 0.544. The second-order valence-electron chi connectivity index (χ2n) is 7.54. The first-order chi connectivity index (χ1) is 15.8. The molecular weight excluding hydrogens is 464 g/mol. The van der Waals surface area contributed by atoms with Crippen LogP contribution < -0.4 is 19.1 Å². The van der Waals surface area contributed by atoms with Crippen LogP contribution in [0.15, 0.2) is 41.3 Å². The van der Waals surface area contributed by atoms with Crippen LogP contribution in [0.4, 0.5) is 10.8 Å². The Balaban J connectivity index is 1.55. The van der Waals surface area contributed by atoms with Crippen LogP contribution in [0.2, 0.25) is 0 Å². The van der Waals surface area contributed by atoms with E-state index in [0.717, 1.165) is 23.2 Å². The van der Waals surface area contributed by atoms with E-state index in [1.165, 1.54) is 17.4 Å². The van der Waals surface area contributed by atoms with E-state index in [-0.39, 0.29) is 22.4 Å². The van der Waals surface area contributed by atoms with Crippen molar-refractivity contribution in [2.45, 2.75) is 31.1 Å². The Labute approximate surface area is 196 Å². The number of rotatable bonds is 7. The number of nitrogens with one attached hydrogen (secondary N) is 1. The first kappa shape index (κ1) is 23.0. The van der Waals surface area contributed by atoms with Crippen LogP contribution in [-0.4, -0.2) is 45.3 Å². The Morgan fingerprint density at radius 2 is 1.91 bits per heavy atom. The zero-order valence-electron chi connectivity index (χ0n) is 18.5. The van der Waals surface area contributed by atoms with Gasteiger partial charge in [0.05, 0.1) is 25.5 Å². The van der Waals surface area contributed by atoms with Crippen molar-refractivity contribution in [3.8, 4) is 11.5 Å². The number of aryl methyl sites for hydroxylation is 2. The lowest BCUT2D eigenvalue weighted by Gasteiger charge is -2.30. The highest BCUT2D eigenvalue weighted by molar-refractivity contribution is 7.93. The predicted octanol–water partition coefficient (Wildman–Crippen LogP) is 3.19. The Bertz CT molecular complexity index is 1290. The van der Waals surface area contributed by atoms with Crippen LogP contribution in [0.1, 0.15) is 22.6 Å². The summed E-state index contributed by atoms with van der Waals surface area (Å²) in [5.41, 5.74) is 2.36. The van der Waals surface area contributed by atoms with E-state index >= 15 is 0 Å². The molecule has 1 aliphatic rings. The minimum absolute atomic E-state index is 0.0683. The molecule has 0 saturated carbocycles. The molecule has 33 heavy (non-hydrogen) atoms. The summed E-state index contributed by atoms with van der Waals surface area (Å²) in [4.78, 5) is 15.0. The summed E-state index contributed by atoms with van der Waals surface area (Å²) < 4.78 is 38.6. The highest BCUT2D eigenvalue weighted by Gasteiger charge is 2.25. The van der Waals surface area contributed by atoms with Crippen molar-refractivity contribution in [1.82, 2.24) is 10.2 Å². The topological polar surface area (TPSA) is 111 Å². The number of hydrogen-bond donors (Lipinski definition) is 1. The molecule has 2 aromatic carbocycles. The van der Waals surface area contributed by atoms with Crippen LogP contribution in [0, 0.1) is 6.92 Å². The molecule has 0 bridgehead atoms. The highest BCUT2D eigenvalue weighted by atomic mass is 32.2. The number of nitrogens with zero attached hydrogens (tertiary/aromatic N) is 3. The van der Waals surface area contributed by atoms with Gasteiger partial charge >= 0.3 is 0 Å². The predicted molar refractivity (Wildman–Crippen MR) is 126 cm³/mol. The van der Waals surface area contributed by atoms with E-state index in [1.807, 2.05) is 6.07 Å². The van der Waals surface area contributed by atoms with Gasteiger partial charge < -0.3 is 14.4 Å². The fourth-order valence-electron chi connectivity index (χ4n) is 3.77. The molecule has 1 aromatic heterocycles. The van der Waals surface area contributed by atoms with Crippen LogP contribution in [0.5, 0.6) is 11.5 Å². The van der Waals surface area contributed by atoms with Crippen molar-refractivity contribution in [1.29, 1.82) is 0 Å². The molecule has 0 aliphatic carbocycles. The molecule has 11 heteroatoms. The maximum atomic E-state index is 13.1. The Kier molecular flexibility index (Phi) is 6.52. The largest absolute Gasteiger partial charge is 0.493 e. The highest BCUT2D eigenvalue weighted by Crippen LogP contribution is 2.32. The fraction of sp³-hybridized carbons (Fsp3) is 0.318. The van der Waals surface area contributed by atoms with E-state index < -0.39 is 10.0 Å². The molecule has 1 aliphatic heterocycles. The van der Waals surface area contributed by atoms with Crippen molar-refractivity contribution in [2.24, 2.45) is 0 Å². The summed E-state index contributed by atoms with van der Waals surface area (Å²) in [7, 11) is -0.691. The summed E-state index contributed by atoms with van der Waals surface area (Å²) >= 11 is 1.17. The average molecular weight is 489 g/mol. The van der Waals surface area contributed by atoms with Gasteiger partial charge in [-0.25, -0.2) is 8.42 Å². The lowest BCUT2D eigenvalue weighted by molar-refractivity contribution is -0.118. The number of methoxy groups -OCH3 is 2. The van der Waals surface area contributed by atoms with Gasteiger partial charge in [0, 0.05) is 12.2 Å². The first-order valence-electron chi connectivity index (χ1n) is 10.3. The number of hydrogen-bond acceptors (Lipinski definition) is 8. The molecule has 1 N–H and O–H groups in total. The van der Waals surface area contributed by atoms with E-state index in [0.29, 0.717) is 29.5 Å².